The molecule has 0 aliphatic carbocycles. The number of nitrogens with zero attached hydrogens (tertiary/aromatic N) is 1. The van der Waals surface area contributed by atoms with Crippen molar-refractivity contribution >= 4 is 54.1 Å². The van der Waals surface area contributed by atoms with Crippen molar-refractivity contribution in [2.24, 2.45) is 5.73 Å². The van der Waals surface area contributed by atoms with Crippen LogP contribution in [0.25, 0.3) is 0 Å². The van der Waals surface area contributed by atoms with Crippen molar-refractivity contribution in [1.82, 2.24) is 15.5 Å². The van der Waals surface area contributed by atoms with Crippen LogP contribution in [-0.2, 0) is 24.0 Å². The van der Waals surface area contributed by atoms with Crippen LogP contribution in [0.3, 0.4) is 0 Å². The Morgan fingerprint density at radius 1 is 1.20 bits per heavy atom. The second-order valence-corrected chi connectivity index (χ2v) is 8.17. The summed E-state index contributed by atoms with van der Waals surface area (Å²) in [5, 5.41) is 23.2. The number of nitrogens with one attached hydrogen (secondary N) is 2. The van der Waals surface area contributed by atoms with E-state index in [0.29, 0.717) is 18.6 Å². The summed E-state index contributed by atoms with van der Waals surface area (Å²) in [6.07, 6.45) is 2.14. The number of thiol groups is 1. The van der Waals surface area contributed by atoms with E-state index >= 15 is 0 Å². The molecule has 3 amide bonds. The zero-order chi connectivity index (χ0) is 22.8. The maximum Gasteiger partial charge on any atom is 0.326 e. The maximum absolute atomic E-state index is 12.9. The topological polar surface area (TPSA) is 179 Å². The number of thioether (sulfide) groups is 1. The molecule has 4 atom stereocenters. The van der Waals surface area contributed by atoms with Crippen molar-refractivity contribution in [1.29, 1.82) is 0 Å². The van der Waals surface area contributed by atoms with Crippen LogP contribution in [0.15, 0.2) is 0 Å². The van der Waals surface area contributed by atoms with Crippen LogP contribution in [0.2, 0.25) is 0 Å². The van der Waals surface area contributed by atoms with Crippen LogP contribution >= 0.6 is 24.4 Å². The number of carbonyl (C=O) groups is 5. The summed E-state index contributed by atoms with van der Waals surface area (Å²) in [6.45, 7) is 0.185. The molecular formula is C17H28N4O7S2. The Kier molecular flexibility index (Phi) is 11.0. The number of hydrogen-bond donors (Lipinski definition) is 6. The van der Waals surface area contributed by atoms with Crippen molar-refractivity contribution in [2.45, 2.75) is 49.9 Å². The fourth-order valence-electron chi connectivity index (χ4n) is 3.00. The lowest BCUT2D eigenvalue weighted by molar-refractivity contribution is -0.147. The smallest absolute Gasteiger partial charge is 0.326 e. The van der Waals surface area contributed by atoms with Crippen molar-refractivity contribution in [3.63, 3.8) is 0 Å². The quantitative estimate of drug-likeness (QED) is 0.188. The van der Waals surface area contributed by atoms with E-state index in [0.717, 1.165) is 0 Å². The van der Waals surface area contributed by atoms with Crippen molar-refractivity contribution in [3.8, 4) is 0 Å². The molecule has 0 spiro atoms. The molecule has 30 heavy (non-hydrogen) atoms. The number of rotatable bonds is 12. The molecule has 1 fully saturated rings. The first-order valence-electron chi connectivity index (χ1n) is 9.33. The molecule has 0 radical (unpaired) electrons. The zero-order valence-electron chi connectivity index (χ0n) is 16.6. The lowest BCUT2D eigenvalue weighted by atomic mass is 10.1. The molecular weight excluding hydrogens is 436 g/mol. The minimum absolute atomic E-state index is 0.00117. The summed E-state index contributed by atoms with van der Waals surface area (Å²) in [6, 6.07) is -4.46. The summed E-state index contributed by atoms with van der Waals surface area (Å²) in [4.78, 5) is 61.3. The fraction of sp³-hybridized carbons (Fsp3) is 0.706. The maximum atomic E-state index is 12.9. The van der Waals surface area contributed by atoms with Gasteiger partial charge in [-0.25, -0.2) is 4.79 Å². The Labute approximate surface area is 183 Å². The van der Waals surface area contributed by atoms with E-state index in [4.69, 9.17) is 10.8 Å². The third kappa shape index (κ3) is 7.69. The molecule has 4 unspecified atom stereocenters. The summed E-state index contributed by atoms with van der Waals surface area (Å²) in [5.41, 5.74) is 5.57. The first kappa shape index (κ1) is 26.0. The molecule has 1 heterocycles. The Morgan fingerprint density at radius 2 is 1.87 bits per heavy atom. The van der Waals surface area contributed by atoms with Gasteiger partial charge in [0.1, 0.15) is 18.1 Å². The number of carboxylic acid groups (broad SMARTS) is 2. The van der Waals surface area contributed by atoms with Gasteiger partial charge in [0.25, 0.3) is 0 Å². The highest BCUT2D eigenvalue weighted by Crippen LogP contribution is 2.20. The largest absolute Gasteiger partial charge is 0.481 e. The Balaban J connectivity index is 2.92. The number of carboxylic acids is 2. The predicted octanol–water partition coefficient (Wildman–Crippen LogP) is -1.48. The third-order valence-corrected chi connectivity index (χ3v) is 5.63. The molecule has 1 aliphatic rings. The number of likely N-dealkylation sites (tertiary alicyclic amines) is 1. The summed E-state index contributed by atoms with van der Waals surface area (Å²) >= 11 is 5.34. The second-order valence-electron chi connectivity index (χ2n) is 6.82. The van der Waals surface area contributed by atoms with Crippen LogP contribution in [0.1, 0.15) is 25.7 Å². The van der Waals surface area contributed by atoms with Crippen LogP contribution in [0.4, 0.5) is 0 Å². The second kappa shape index (κ2) is 12.6. The van der Waals surface area contributed by atoms with E-state index in [-0.39, 0.29) is 18.7 Å². The molecule has 1 rings (SSSR count). The van der Waals surface area contributed by atoms with Crippen LogP contribution < -0.4 is 16.4 Å². The van der Waals surface area contributed by atoms with Gasteiger partial charge in [0.2, 0.25) is 17.7 Å². The SMILES string of the molecule is CSCCC(NC(=O)C1CCCN1C(=O)C(CC(=O)O)NC(=O)C(N)CS)C(=O)O. The van der Waals surface area contributed by atoms with Crippen molar-refractivity contribution in [2.75, 3.05) is 24.3 Å². The molecule has 0 aromatic rings. The van der Waals surface area contributed by atoms with E-state index in [1.54, 1.807) is 0 Å². The van der Waals surface area contributed by atoms with Gasteiger partial charge in [0, 0.05) is 12.3 Å². The third-order valence-electron chi connectivity index (χ3n) is 4.59. The highest BCUT2D eigenvalue weighted by Gasteiger charge is 2.39. The van der Waals surface area contributed by atoms with Crippen molar-refractivity contribution < 1.29 is 34.2 Å². The predicted molar refractivity (Wildman–Crippen MR) is 113 cm³/mol. The first-order chi connectivity index (χ1) is 14.1. The van der Waals surface area contributed by atoms with Gasteiger partial charge in [-0.05, 0) is 31.3 Å². The molecule has 0 bridgehead atoms. The number of hydrogen-bond acceptors (Lipinski definition) is 8. The average molecular weight is 465 g/mol. The van der Waals surface area contributed by atoms with Gasteiger partial charge in [-0.1, -0.05) is 0 Å². The Hall–Kier alpha value is -1.99. The highest BCUT2D eigenvalue weighted by atomic mass is 32.2. The minimum atomic E-state index is -1.40. The van der Waals surface area contributed by atoms with E-state index in [2.05, 4.69) is 23.3 Å². The summed E-state index contributed by atoms with van der Waals surface area (Å²) in [7, 11) is 0. The van der Waals surface area contributed by atoms with Gasteiger partial charge in [0.05, 0.1) is 12.5 Å². The van der Waals surface area contributed by atoms with E-state index in [9.17, 15) is 29.1 Å². The molecule has 6 N–H and O–H groups in total. The molecule has 0 saturated carbocycles. The first-order valence-corrected chi connectivity index (χ1v) is 11.4. The number of nitrogens with two attached hydrogens (primary N) is 1. The number of amides is 3. The molecule has 11 nitrogen and oxygen atoms in total. The van der Waals surface area contributed by atoms with Gasteiger partial charge in [0.15, 0.2) is 0 Å². The van der Waals surface area contributed by atoms with Crippen molar-refractivity contribution in [3.05, 3.63) is 0 Å². The van der Waals surface area contributed by atoms with E-state index in [1.807, 2.05) is 6.26 Å². The molecule has 0 aromatic heterocycles. The van der Waals surface area contributed by atoms with Crippen LogP contribution in [0, 0.1) is 0 Å². The lowest BCUT2D eigenvalue weighted by Crippen LogP contribution is -2.57. The monoisotopic (exact) mass is 464 g/mol. The normalized spacial score (nSPS) is 18.9. The fourth-order valence-corrected chi connectivity index (χ4v) is 3.64. The van der Waals surface area contributed by atoms with Gasteiger partial charge >= 0.3 is 11.9 Å². The zero-order valence-corrected chi connectivity index (χ0v) is 18.3. The minimum Gasteiger partial charge on any atom is -0.481 e. The number of aliphatic carboxylic acids is 2. The van der Waals surface area contributed by atoms with E-state index < -0.39 is 60.2 Å². The Morgan fingerprint density at radius 3 is 2.40 bits per heavy atom. The summed E-state index contributed by atoms with van der Waals surface area (Å²) in [5.74, 6) is -4.04. The molecule has 1 saturated heterocycles. The van der Waals surface area contributed by atoms with Gasteiger partial charge in [-0.2, -0.15) is 24.4 Å². The number of carbonyl (C=O) groups excluding carboxylic acids is 3. The lowest BCUT2D eigenvalue weighted by Gasteiger charge is -2.29. The average Bonchev–Trinajstić information content (AvgIpc) is 3.18. The standard InChI is InChI=1S/C17H28N4O7S2/c1-30-6-4-10(17(27)28)19-15(25)12-3-2-5-21(12)16(26)11(7-13(22)23)20-14(24)9(18)8-29/h9-12,29H,2-8,18H2,1H3,(H,19,25)(H,20,24)(H,22,23)(H,27,28). The summed E-state index contributed by atoms with van der Waals surface area (Å²) < 4.78 is 0. The molecule has 170 valence electrons. The molecule has 0 aromatic carbocycles. The van der Waals surface area contributed by atoms with E-state index in [1.165, 1.54) is 16.7 Å². The van der Waals surface area contributed by atoms with Crippen LogP contribution in [-0.4, -0.2) is 93.2 Å². The van der Waals surface area contributed by atoms with Gasteiger partial charge < -0.3 is 31.5 Å². The molecule has 13 heteroatoms. The van der Waals surface area contributed by atoms with Crippen LogP contribution in [0.5, 0.6) is 0 Å². The highest BCUT2D eigenvalue weighted by molar-refractivity contribution is 7.98. The van der Waals surface area contributed by atoms with Gasteiger partial charge in [-0.15, -0.1) is 0 Å². The Bertz CT molecular complexity index is 664. The van der Waals surface area contributed by atoms with Gasteiger partial charge in [-0.3, -0.25) is 19.2 Å². The molecule has 1 aliphatic heterocycles.